The highest BCUT2D eigenvalue weighted by Crippen LogP contribution is 2.45. The van der Waals surface area contributed by atoms with Crippen molar-refractivity contribution in [3.8, 4) is 5.75 Å². The fourth-order valence-electron chi connectivity index (χ4n) is 6.93. The third-order valence-electron chi connectivity index (χ3n) is 9.28. The minimum absolute atomic E-state index is 0.0623. The van der Waals surface area contributed by atoms with Gasteiger partial charge in [0.15, 0.2) is 0 Å². The first-order chi connectivity index (χ1) is 19.9. The van der Waals surface area contributed by atoms with E-state index in [0.717, 1.165) is 76.1 Å². The van der Waals surface area contributed by atoms with E-state index in [1.54, 1.807) is 17.0 Å². The van der Waals surface area contributed by atoms with Crippen LogP contribution in [0, 0.1) is 0 Å². The van der Waals surface area contributed by atoms with E-state index in [-0.39, 0.29) is 23.6 Å². The molecule has 9 heteroatoms. The summed E-state index contributed by atoms with van der Waals surface area (Å²) in [5.41, 5.74) is 17.6. The molecule has 0 bridgehead atoms. The fraction of sp³-hybridized carbons (Fsp3) is 0.531. The van der Waals surface area contributed by atoms with Gasteiger partial charge in [0.05, 0.1) is 25.9 Å². The second-order valence-corrected chi connectivity index (χ2v) is 11.7. The number of aromatic amines is 1. The molecule has 2 atom stereocenters. The lowest BCUT2D eigenvalue weighted by Crippen LogP contribution is -2.44. The number of rotatable bonds is 7. The van der Waals surface area contributed by atoms with Crippen molar-refractivity contribution in [2.75, 3.05) is 52.3 Å². The third kappa shape index (κ3) is 6.47. The van der Waals surface area contributed by atoms with Crippen molar-refractivity contribution in [1.82, 2.24) is 14.8 Å². The molecule has 222 valence electrons. The molecule has 1 amide bonds. The predicted octanol–water partition coefficient (Wildman–Crippen LogP) is 4.02. The maximum Gasteiger partial charge on any atom is 0.246 e. The van der Waals surface area contributed by atoms with Crippen LogP contribution in [0.4, 0.5) is 5.82 Å². The molecule has 1 saturated carbocycles. The van der Waals surface area contributed by atoms with Crippen LogP contribution in [0.3, 0.4) is 0 Å². The Labute approximate surface area is 243 Å². The Hall–Kier alpha value is -3.27. The molecule has 3 heterocycles. The molecule has 6 N–H and O–H groups in total. The van der Waals surface area contributed by atoms with Crippen molar-refractivity contribution in [3.05, 3.63) is 59.3 Å². The summed E-state index contributed by atoms with van der Waals surface area (Å²) in [5, 5.41) is 10.5. The summed E-state index contributed by atoms with van der Waals surface area (Å²) in [6, 6.07) is 7.62. The molecule has 9 nitrogen and oxygen atoms in total. The van der Waals surface area contributed by atoms with Crippen LogP contribution in [0.25, 0.3) is 11.8 Å². The smallest absolute Gasteiger partial charge is 0.246 e. The van der Waals surface area contributed by atoms with Gasteiger partial charge in [-0.1, -0.05) is 18.7 Å². The Balaban J connectivity index is 1.49. The first-order valence-electron chi connectivity index (χ1n) is 14.9. The van der Waals surface area contributed by atoms with Crippen molar-refractivity contribution >= 4 is 23.5 Å². The maximum atomic E-state index is 12.5. The number of morpholine rings is 1. The summed E-state index contributed by atoms with van der Waals surface area (Å²) >= 11 is 0. The summed E-state index contributed by atoms with van der Waals surface area (Å²) in [7, 11) is 1.82. The number of ether oxygens (including phenoxy) is 2. The minimum Gasteiger partial charge on any atom is -0.507 e. The van der Waals surface area contributed by atoms with Gasteiger partial charge in [-0.15, -0.1) is 0 Å². The molecular weight excluding hydrogens is 518 g/mol. The van der Waals surface area contributed by atoms with Gasteiger partial charge in [-0.25, -0.2) is 0 Å². The number of hydrogen-bond donors (Lipinski definition) is 4. The molecule has 3 fully saturated rings. The van der Waals surface area contributed by atoms with Crippen LogP contribution < -0.4 is 11.5 Å². The summed E-state index contributed by atoms with van der Waals surface area (Å²) in [4.78, 5) is 20.3. The molecule has 1 aliphatic carbocycles. The molecule has 2 saturated heterocycles. The topological polar surface area (TPSA) is 130 Å². The molecule has 0 unspecified atom stereocenters. The van der Waals surface area contributed by atoms with Gasteiger partial charge in [-0.05, 0) is 74.3 Å². The zero-order valence-corrected chi connectivity index (χ0v) is 24.2. The van der Waals surface area contributed by atoms with E-state index in [9.17, 15) is 9.90 Å². The monoisotopic (exact) mass is 563 g/mol. The van der Waals surface area contributed by atoms with Gasteiger partial charge in [-0.2, -0.15) is 0 Å². The summed E-state index contributed by atoms with van der Waals surface area (Å²) < 4.78 is 11.6. The van der Waals surface area contributed by atoms with Gasteiger partial charge in [-0.3, -0.25) is 9.69 Å². The van der Waals surface area contributed by atoms with Crippen LogP contribution in [0.15, 0.2) is 36.9 Å². The maximum absolute atomic E-state index is 12.5. The highest BCUT2D eigenvalue weighted by molar-refractivity contribution is 5.87. The zero-order chi connectivity index (χ0) is 28.9. The molecule has 0 radical (unpaired) electrons. The number of H-pyrrole nitrogens is 1. The Kier molecular flexibility index (Phi) is 9.37. The van der Waals surface area contributed by atoms with Gasteiger partial charge in [0, 0.05) is 61.2 Å². The van der Waals surface area contributed by atoms with Gasteiger partial charge >= 0.3 is 0 Å². The van der Waals surface area contributed by atoms with Crippen molar-refractivity contribution in [2.24, 2.45) is 5.73 Å². The molecule has 1 aromatic carbocycles. The van der Waals surface area contributed by atoms with Gasteiger partial charge in [0.2, 0.25) is 5.91 Å². The number of nitrogens with zero attached hydrogens (tertiary/aromatic N) is 2. The van der Waals surface area contributed by atoms with Gasteiger partial charge in [0.25, 0.3) is 0 Å². The number of aromatic hydroxyl groups is 1. The van der Waals surface area contributed by atoms with Crippen molar-refractivity contribution in [3.63, 3.8) is 0 Å². The lowest BCUT2D eigenvalue weighted by Gasteiger charge is -2.39. The first kappa shape index (κ1) is 29.2. The number of carbonyl (C=O) groups is 1. The standard InChI is InChI=1S/C32H45N5O4/c1-3-29(39)36(2)24-18-22(12-15-41-20-24)31-30(21-8-10-23(11-9-21)37-13-16-40-17-14-37)26(32(34)35-31)19-27(33)25-6-4-5-7-28(25)38/h3-7,19,21-24,35,38H,1,8-18,20,33-34H2,2H3/b27-19-/t21?,22-,23?,24+/m0/s1. The number of benzene rings is 1. The molecule has 3 aliphatic rings. The van der Waals surface area contributed by atoms with Crippen LogP contribution in [0.1, 0.15) is 72.7 Å². The average Bonchev–Trinajstić information content (AvgIpc) is 3.15. The van der Waals surface area contributed by atoms with Crippen molar-refractivity contribution in [1.29, 1.82) is 0 Å². The molecule has 2 aliphatic heterocycles. The van der Waals surface area contributed by atoms with E-state index >= 15 is 0 Å². The van der Waals surface area contributed by atoms with E-state index < -0.39 is 0 Å². The van der Waals surface area contributed by atoms with E-state index in [1.807, 2.05) is 25.3 Å². The molecule has 5 rings (SSSR count). The van der Waals surface area contributed by atoms with E-state index in [4.69, 9.17) is 20.9 Å². The number of hydrogen-bond acceptors (Lipinski definition) is 7. The summed E-state index contributed by atoms with van der Waals surface area (Å²) in [6.07, 6.45) is 9.25. The number of likely N-dealkylation sites (N-methyl/N-ethyl adjacent to an activating group) is 1. The lowest BCUT2D eigenvalue weighted by atomic mass is 9.77. The molecule has 41 heavy (non-hydrogen) atoms. The summed E-state index contributed by atoms with van der Waals surface area (Å²) in [5.74, 6) is 1.09. The van der Waals surface area contributed by atoms with Crippen LogP contribution in [0.2, 0.25) is 0 Å². The fourth-order valence-corrected chi connectivity index (χ4v) is 6.93. The van der Waals surface area contributed by atoms with E-state index in [0.29, 0.717) is 42.3 Å². The highest BCUT2D eigenvalue weighted by atomic mass is 16.5. The van der Waals surface area contributed by atoms with Crippen LogP contribution in [-0.2, 0) is 14.3 Å². The molecular formula is C32H45N5O4. The lowest BCUT2D eigenvalue weighted by molar-refractivity contribution is -0.127. The van der Waals surface area contributed by atoms with Gasteiger partial charge in [0.1, 0.15) is 11.6 Å². The van der Waals surface area contributed by atoms with Crippen molar-refractivity contribution in [2.45, 2.75) is 62.4 Å². The second kappa shape index (κ2) is 13.1. The number of para-hydroxylation sites is 1. The van der Waals surface area contributed by atoms with Crippen LogP contribution in [-0.4, -0.2) is 84.4 Å². The zero-order valence-electron chi connectivity index (χ0n) is 24.2. The number of amides is 1. The number of nitrogens with one attached hydrogen (secondary N) is 1. The minimum atomic E-state index is -0.106. The molecule has 2 aromatic rings. The number of carbonyl (C=O) groups excluding carboxylic acids is 1. The Morgan fingerprint density at radius 2 is 1.83 bits per heavy atom. The van der Waals surface area contributed by atoms with Gasteiger partial charge < -0.3 is 35.9 Å². The average molecular weight is 564 g/mol. The molecule has 0 spiro atoms. The van der Waals surface area contributed by atoms with Crippen LogP contribution >= 0.6 is 0 Å². The predicted molar refractivity (Wildman–Crippen MR) is 162 cm³/mol. The SMILES string of the molecule is C=CC(=O)N(C)[C@H]1COCC[C@H](c2[nH]c(N)c(/C=C(\N)c3ccccc3O)c2C2CCC(N3CCOCC3)CC2)C1. The Morgan fingerprint density at radius 3 is 2.54 bits per heavy atom. The number of aromatic nitrogens is 1. The largest absolute Gasteiger partial charge is 0.507 e. The Bertz CT molecular complexity index is 1240. The van der Waals surface area contributed by atoms with Crippen molar-refractivity contribution < 1.29 is 19.4 Å². The van der Waals surface area contributed by atoms with E-state index in [1.165, 1.54) is 11.6 Å². The number of phenols is 1. The second-order valence-electron chi connectivity index (χ2n) is 11.7. The number of anilines is 1. The third-order valence-corrected chi connectivity index (χ3v) is 9.28. The number of nitrogen functional groups attached to an aromatic ring is 1. The normalized spacial score (nSPS) is 26.3. The highest BCUT2D eigenvalue weighted by Gasteiger charge is 2.35. The number of nitrogens with two attached hydrogens (primary N) is 2. The quantitative estimate of drug-likeness (QED) is 0.374. The van der Waals surface area contributed by atoms with E-state index in [2.05, 4.69) is 16.5 Å². The number of phenolic OH excluding ortho intramolecular Hbond substituents is 1. The van der Waals surface area contributed by atoms with Crippen LogP contribution in [0.5, 0.6) is 5.75 Å². The molecule has 1 aromatic heterocycles. The summed E-state index contributed by atoms with van der Waals surface area (Å²) in [6.45, 7) is 8.41. The first-order valence-corrected chi connectivity index (χ1v) is 14.9. The Morgan fingerprint density at radius 1 is 1.10 bits per heavy atom.